The highest BCUT2D eigenvalue weighted by Gasteiger charge is 2.43. The summed E-state index contributed by atoms with van der Waals surface area (Å²) in [5.74, 6) is 0.858. The Kier molecular flexibility index (Phi) is 4.92. The van der Waals surface area contributed by atoms with Crippen LogP contribution in [-0.2, 0) is 22.6 Å². The number of aromatic nitrogens is 3. The summed E-state index contributed by atoms with van der Waals surface area (Å²) in [5.41, 5.74) is 2.14. The van der Waals surface area contributed by atoms with Crippen LogP contribution in [0.1, 0.15) is 37.1 Å². The van der Waals surface area contributed by atoms with Crippen molar-refractivity contribution in [3.05, 3.63) is 48.0 Å². The zero-order chi connectivity index (χ0) is 18.8. The number of carbonyl (C=O) groups excluding carboxylic acids is 2. The summed E-state index contributed by atoms with van der Waals surface area (Å²) in [4.78, 5) is 31.0. The summed E-state index contributed by atoms with van der Waals surface area (Å²) in [7, 11) is 0. The van der Waals surface area contributed by atoms with Crippen LogP contribution in [0.5, 0.6) is 0 Å². The number of nitrogens with one attached hydrogen (secondary N) is 1. The minimum absolute atomic E-state index is 0.00963. The van der Waals surface area contributed by atoms with Crippen molar-refractivity contribution in [2.45, 2.75) is 38.8 Å². The standard InChI is InChI=1S/C20H25N5O2/c1-14-10-18(14)20(27)24-12-16-5-9-23-25(16)17(13-24)11-19(26)22-8-4-15-2-6-21-7-3-15/h2-3,5-7,9,14,17-18H,4,8,10-13H2,1H3,(H,22,26). The van der Waals surface area contributed by atoms with Crippen LogP contribution >= 0.6 is 0 Å². The number of carbonyl (C=O) groups is 2. The molecule has 2 aromatic heterocycles. The molecule has 4 rings (SSSR count). The summed E-state index contributed by atoms with van der Waals surface area (Å²) < 4.78 is 1.91. The predicted molar refractivity (Wildman–Crippen MR) is 99.5 cm³/mol. The Morgan fingerprint density at radius 2 is 2.00 bits per heavy atom. The zero-order valence-corrected chi connectivity index (χ0v) is 15.5. The van der Waals surface area contributed by atoms with Crippen LogP contribution in [0.25, 0.3) is 0 Å². The van der Waals surface area contributed by atoms with Gasteiger partial charge in [0.1, 0.15) is 0 Å². The third-order valence-corrected chi connectivity index (χ3v) is 5.53. The Hall–Kier alpha value is -2.70. The van der Waals surface area contributed by atoms with Gasteiger partial charge in [-0.3, -0.25) is 19.3 Å². The Bertz CT molecular complexity index is 819. The molecule has 27 heavy (non-hydrogen) atoms. The first kappa shape index (κ1) is 17.7. The molecule has 0 saturated heterocycles. The maximum atomic E-state index is 12.7. The van der Waals surface area contributed by atoms with Gasteiger partial charge in [0.2, 0.25) is 11.8 Å². The van der Waals surface area contributed by atoms with Crippen molar-refractivity contribution in [1.29, 1.82) is 0 Å². The van der Waals surface area contributed by atoms with Gasteiger partial charge in [-0.25, -0.2) is 0 Å². The molecule has 3 unspecified atom stereocenters. The Labute approximate surface area is 158 Å². The van der Waals surface area contributed by atoms with E-state index in [-0.39, 0.29) is 23.8 Å². The fourth-order valence-electron chi connectivity index (χ4n) is 3.79. The van der Waals surface area contributed by atoms with Gasteiger partial charge in [0.25, 0.3) is 0 Å². The number of nitrogens with zero attached hydrogens (tertiary/aromatic N) is 4. The largest absolute Gasteiger partial charge is 0.356 e. The van der Waals surface area contributed by atoms with Gasteiger partial charge in [0, 0.05) is 37.6 Å². The molecule has 3 heterocycles. The molecule has 0 bridgehead atoms. The number of rotatable bonds is 6. The van der Waals surface area contributed by atoms with E-state index in [1.165, 1.54) is 0 Å². The third-order valence-electron chi connectivity index (χ3n) is 5.53. The summed E-state index contributed by atoms with van der Waals surface area (Å²) >= 11 is 0. The quantitative estimate of drug-likeness (QED) is 0.840. The second kappa shape index (κ2) is 7.50. The molecule has 2 aromatic rings. The summed E-state index contributed by atoms with van der Waals surface area (Å²) in [5, 5.41) is 7.36. The van der Waals surface area contributed by atoms with Gasteiger partial charge in [-0.15, -0.1) is 0 Å². The van der Waals surface area contributed by atoms with Crippen molar-refractivity contribution in [1.82, 2.24) is 25.0 Å². The molecular formula is C20H25N5O2. The van der Waals surface area contributed by atoms with E-state index in [0.29, 0.717) is 32.0 Å². The highest BCUT2D eigenvalue weighted by molar-refractivity contribution is 5.82. The Balaban J connectivity index is 1.34. The van der Waals surface area contributed by atoms with E-state index in [9.17, 15) is 9.59 Å². The lowest BCUT2D eigenvalue weighted by molar-refractivity contribution is -0.136. The van der Waals surface area contributed by atoms with Crippen LogP contribution in [-0.4, -0.2) is 44.6 Å². The van der Waals surface area contributed by atoms with E-state index in [1.54, 1.807) is 18.6 Å². The summed E-state index contributed by atoms with van der Waals surface area (Å²) in [6, 6.07) is 5.73. The van der Waals surface area contributed by atoms with E-state index in [2.05, 4.69) is 22.3 Å². The monoisotopic (exact) mass is 367 g/mol. The highest BCUT2D eigenvalue weighted by atomic mass is 16.2. The number of amides is 2. The molecule has 1 aliphatic carbocycles. The lowest BCUT2D eigenvalue weighted by atomic mass is 10.1. The third kappa shape index (κ3) is 4.02. The normalized spacial score (nSPS) is 23.6. The molecule has 7 nitrogen and oxygen atoms in total. The van der Waals surface area contributed by atoms with Crippen LogP contribution in [0, 0.1) is 11.8 Å². The average Bonchev–Trinajstić information content (AvgIpc) is 3.20. The molecule has 142 valence electrons. The minimum atomic E-state index is -0.109. The van der Waals surface area contributed by atoms with Crippen LogP contribution in [0.15, 0.2) is 36.8 Å². The predicted octanol–water partition coefficient (Wildman–Crippen LogP) is 1.57. The number of pyridine rings is 1. The van der Waals surface area contributed by atoms with Crippen molar-refractivity contribution in [3.8, 4) is 0 Å². The lowest BCUT2D eigenvalue weighted by Gasteiger charge is -2.34. The second-order valence-corrected chi connectivity index (χ2v) is 7.62. The van der Waals surface area contributed by atoms with Crippen molar-refractivity contribution in [2.75, 3.05) is 13.1 Å². The Morgan fingerprint density at radius 1 is 1.22 bits per heavy atom. The van der Waals surface area contributed by atoms with Crippen LogP contribution in [0.4, 0.5) is 0 Å². The minimum Gasteiger partial charge on any atom is -0.356 e. The average molecular weight is 367 g/mol. The van der Waals surface area contributed by atoms with Gasteiger partial charge in [0.15, 0.2) is 0 Å². The molecule has 1 saturated carbocycles. The summed E-state index contributed by atoms with van der Waals surface area (Å²) in [6.07, 6.45) is 7.34. The molecule has 2 amide bonds. The van der Waals surface area contributed by atoms with Crippen LogP contribution in [0.3, 0.4) is 0 Å². The molecule has 1 N–H and O–H groups in total. The van der Waals surface area contributed by atoms with Gasteiger partial charge in [-0.1, -0.05) is 6.92 Å². The van der Waals surface area contributed by atoms with Crippen LogP contribution in [0.2, 0.25) is 0 Å². The maximum Gasteiger partial charge on any atom is 0.226 e. The molecule has 0 aromatic carbocycles. The SMILES string of the molecule is CC1CC1C(=O)N1Cc2ccnn2C(CC(=O)NCCc2ccncc2)C1. The highest BCUT2D eigenvalue weighted by Crippen LogP contribution is 2.40. The first-order chi connectivity index (χ1) is 13.1. The molecule has 3 atom stereocenters. The molecule has 0 radical (unpaired) electrons. The summed E-state index contributed by atoms with van der Waals surface area (Å²) in [6.45, 7) is 3.84. The maximum absolute atomic E-state index is 12.7. The molecular weight excluding hydrogens is 342 g/mol. The number of hydrogen-bond donors (Lipinski definition) is 1. The number of fused-ring (bicyclic) bond motifs is 1. The van der Waals surface area contributed by atoms with E-state index in [4.69, 9.17) is 0 Å². The smallest absolute Gasteiger partial charge is 0.226 e. The molecule has 2 aliphatic rings. The molecule has 0 spiro atoms. The lowest BCUT2D eigenvalue weighted by Crippen LogP contribution is -2.43. The van der Waals surface area contributed by atoms with Gasteiger partial charge >= 0.3 is 0 Å². The first-order valence-electron chi connectivity index (χ1n) is 9.58. The van der Waals surface area contributed by atoms with Crippen molar-refractivity contribution < 1.29 is 9.59 Å². The second-order valence-electron chi connectivity index (χ2n) is 7.62. The van der Waals surface area contributed by atoms with Crippen molar-refractivity contribution >= 4 is 11.8 Å². The van der Waals surface area contributed by atoms with E-state index in [1.807, 2.05) is 27.8 Å². The van der Waals surface area contributed by atoms with Crippen LogP contribution < -0.4 is 5.32 Å². The van der Waals surface area contributed by atoms with Gasteiger partial charge in [0.05, 0.1) is 24.7 Å². The Morgan fingerprint density at radius 3 is 2.74 bits per heavy atom. The molecule has 7 heteroatoms. The molecule has 1 fully saturated rings. The fraction of sp³-hybridized carbons (Fsp3) is 0.500. The van der Waals surface area contributed by atoms with Gasteiger partial charge in [-0.05, 0) is 42.5 Å². The zero-order valence-electron chi connectivity index (χ0n) is 15.5. The van der Waals surface area contributed by atoms with E-state index < -0.39 is 0 Å². The number of hydrogen-bond acceptors (Lipinski definition) is 4. The van der Waals surface area contributed by atoms with Gasteiger partial charge in [-0.2, -0.15) is 5.10 Å². The topological polar surface area (TPSA) is 80.1 Å². The first-order valence-corrected chi connectivity index (χ1v) is 9.58. The fourth-order valence-corrected chi connectivity index (χ4v) is 3.79. The van der Waals surface area contributed by atoms with Crippen molar-refractivity contribution in [2.24, 2.45) is 11.8 Å². The van der Waals surface area contributed by atoms with Gasteiger partial charge < -0.3 is 10.2 Å². The molecule has 1 aliphatic heterocycles. The van der Waals surface area contributed by atoms with Crippen molar-refractivity contribution in [3.63, 3.8) is 0 Å². The van der Waals surface area contributed by atoms with E-state index in [0.717, 1.165) is 24.1 Å². The van der Waals surface area contributed by atoms with E-state index >= 15 is 0 Å².